The van der Waals surface area contributed by atoms with Crippen LogP contribution in [0.1, 0.15) is 11.1 Å². The van der Waals surface area contributed by atoms with Crippen LogP contribution in [0.3, 0.4) is 0 Å². The van der Waals surface area contributed by atoms with E-state index in [0.717, 1.165) is 11.1 Å². The number of nitrogens with zero attached hydrogens (tertiary/aromatic N) is 1. The van der Waals surface area contributed by atoms with Crippen LogP contribution in [0.2, 0.25) is 0 Å². The molecule has 7 heteroatoms. The van der Waals surface area contributed by atoms with Crippen LogP contribution in [0.15, 0.2) is 64.6 Å². The van der Waals surface area contributed by atoms with Gasteiger partial charge in [-0.25, -0.2) is 18.6 Å². The van der Waals surface area contributed by atoms with Crippen molar-refractivity contribution in [2.45, 2.75) is 11.8 Å². The molecule has 0 aliphatic rings. The minimum absolute atomic E-state index is 0.108. The van der Waals surface area contributed by atoms with Gasteiger partial charge >= 0.3 is 0 Å². The van der Waals surface area contributed by atoms with Crippen molar-refractivity contribution in [2.24, 2.45) is 5.10 Å². The zero-order valence-corrected chi connectivity index (χ0v) is 13.4. The van der Waals surface area contributed by atoms with Crippen LogP contribution in [0, 0.1) is 6.92 Å². The van der Waals surface area contributed by atoms with Crippen LogP contribution in [-0.4, -0.2) is 27.1 Å². The molecular weight excluding hydrogens is 314 g/mol. The Bertz CT molecular complexity index is 802. The van der Waals surface area contributed by atoms with Crippen molar-refractivity contribution in [1.82, 2.24) is 10.1 Å². The van der Waals surface area contributed by atoms with Crippen LogP contribution in [0.4, 0.5) is 0 Å². The van der Waals surface area contributed by atoms with Crippen LogP contribution in [-0.2, 0) is 14.8 Å². The maximum atomic E-state index is 11.9. The van der Waals surface area contributed by atoms with E-state index in [1.807, 2.05) is 31.2 Å². The zero-order valence-electron chi connectivity index (χ0n) is 12.6. The molecule has 0 heterocycles. The molecule has 0 aromatic heterocycles. The Hall–Kier alpha value is -2.51. The predicted molar refractivity (Wildman–Crippen MR) is 88.5 cm³/mol. The SMILES string of the molecule is Cc1ccccc1/C=N\NC(=O)CNS(=O)(=O)c1ccccc1. The maximum absolute atomic E-state index is 11.9. The monoisotopic (exact) mass is 331 g/mol. The van der Waals surface area contributed by atoms with Gasteiger partial charge in [0.1, 0.15) is 0 Å². The number of hydrogen-bond donors (Lipinski definition) is 2. The van der Waals surface area contributed by atoms with E-state index < -0.39 is 15.9 Å². The number of sulfonamides is 1. The molecule has 6 nitrogen and oxygen atoms in total. The van der Waals surface area contributed by atoms with E-state index in [-0.39, 0.29) is 11.4 Å². The van der Waals surface area contributed by atoms with Crippen molar-refractivity contribution in [3.63, 3.8) is 0 Å². The average molecular weight is 331 g/mol. The number of hydrogen-bond acceptors (Lipinski definition) is 4. The first-order valence-electron chi connectivity index (χ1n) is 6.91. The first kappa shape index (κ1) is 16.9. The number of rotatable bonds is 6. The van der Waals surface area contributed by atoms with E-state index in [4.69, 9.17) is 0 Å². The summed E-state index contributed by atoms with van der Waals surface area (Å²) in [6.45, 7) is 1.54. The summed E-state index contributed by atoms with van der Waals surface area (Å²) < 4.78 is 26.1. The molecule has 2 aromatic carbocycles. The lowest BCUT2D eigenvalue weighted by Gasteiger charge is -2.05. The first-order chi connectivity index (χ1) is 11.0. The largest absolute Gasteiger partial charge is 0.272 e. The molecule has 2 N–H and O–H groups in total. The van der Waals surface area contributed by atoms with Gasteiger partial charge in [-0.1, -0.05) is 42.5 Å². The lowest BCUT2D eigenvalue weighted by atomic mass is 10.1. The van der Waals surface area contributed by atoms with Gasteiger partial charge in [-0.3, -0.25) is 4.79 Å². The van der Waals surface area contributed by atoms with Gasteiger partial charge in [0.05, 0.1) is 17.7 Å². The van der Waals surface area contributed by atoms with Crippen molar-refractivity contribution < 1.29 is 13.2 Å². The van der Waals surface area contributed by atoms with Crippen LogP contribution >= 0.6 is 0 Å². The molecule has 0 radical (unpaired) electrons. The third kappa shape index (κ3) is 5.01. The van der Waals surface area contributed by atoms with E-state index in [1.165, 1.54) is 18.3 Å². The molecule has 0 unspecified atom stereocenters. The summed E-state index contributed by atoms with van der Waals surface area (Å²) in [6, 6.07) is 15.4. The summed E-state index contributed by atoms with van der Waals surface area (Å²) in [5.74, 6) is -0.547. The van der Waals surface area contributed by atoms with E-state index in [9.17, 15) is 13.2 Å². The summed E-state index contributed by atoms with van der Waals surface area (Å²) in [6.07, 6.45) is 1.51. The summed E-state index contributed by atoms with van der Waals surface area (Å²) in [4.78, 5) is 11.8. The van der Waals surface area contributed by atoms with Crippen molar-refractivity contribution in [1.29, 1.82) is 0 Å². The third-order valence-corrected chi connectivity index (χ3v) is 4.47. The molecule has 0 saturated carbocycles. The highest BCUT2D eigenvalue weighted by molar-refractivity contribution is 7.89. The van der Waals surface area contributed by atoms with Crippen molar-refractivity contribution in [3.8, 4) is 0 Å². The summed E-state index contributed by atoms with van der Waals surface area (Å²) in [5, 5.41) is 3.82. The molecule has 0 spiro atoms. The van der Waals surface area contributed by atoms with E-state index in [0.29, 0.717) is 0 Å². The Morgan fingerprint density at radius 3 is 2.43 bits per heavy atom. The molecule has 2 aromatic rings. The van der Waals surface area contributed by atoms with Crippen LogP contribution in [0.5, 0.6) is 0 Å². The Kier molecular flexibility index (Phi) is 5.61. The highest BCUT2D eigenvalue weighted by atomic mass is 32.2. The topological polar surface area (TPSA) is 87.6 Å². The van der Waals surface area contributed by atoms with Crippen LogP contribution < -0.4 is 10.1 Å². The second-order valence-corrected chi connectivity index (χ2v) is 6.55. The Labute approximate surface area is 135 Å². The number of aryl methyl sites for hydroxylation is 1. The molecule has 0 saturated heterocycles. The first-order valence-corrected chi connectivity index (χ1v) is 8.39. The molecule has 120 valence electrons. The van der Waals surface area contributed by atoms with Crippen molar-refractivity contribution in [2.75, 3.05) is 6.54 Å². The number of amides is 1. The van der Waals surface area contributed by atoms with Gasteiger partial charge < -0.3 is 0 Å². The Morgan fingerprint density at radius 2 is 1.74 bits per heavy atom. The summed E-state index contributed by atoms with van der Waals surface area (Å²) in [5.41, 5.74) is 4.18. The number of carbonyl (C=O) groups excluding carboxylic acids is 1. The van der Waals surface area contributed by atoms with Gasteiger partial charge in [-0.15, -0.1) is 0 Å². The highest BCUT2D eigenvalue weighted by Gasteiger charge is 2.14. The standard InChI is InChI=1S/C16H17N3O3S/c1-13-7-5-6-8-14(13)11-17-19-16(20)12-18-23(21,22)15-9-3-2-4-10-15/h2-11,18H,12H2,1H3,(H,19,20)/b17-11-. The average Bonchev–Trinajstić information content (AvgIpc) is 2.56. The quantitative estimate of drug-likeness (QED) is 0.620. The number of hydrazone groups is 1. The molecule has 0 bridgehead atoms. The van der Waals surface area contributed by atoms with Crippen LogP contribution in [0.25, 0.3) is 0 Å². The zero-order chi connectivity index (χ0) is 16.7. The molecule has 0 atom stereocenters. The number of benzene rings is 2. The minimum atomic E-state index is -3.70. The van der Waals surface area contributed by atoms with E-state index in [2.05, 4.69) is 15.2 Å². The highest BCUT2D eigenvalue weighted by Crippen LogP contribution is 2.06. The lowest BCUT2D eigenvalue weighted by Crippen LogP contribution is -2.34. The van der Waals surface area contributed by atoms with Gasteiger partial charge in [0.2, 0.25) is 10.0 Å². The van der Waals surface area contributed by atoms with Gasteiger partial charge in [0, 0.05) is 0 Å². The maximum Gasteiger partial charge on any atom is 0.255 e. The smallest absolute Gasteiger partial charge is 0.255 e. The molecule has 2 rings (SSSR count). The second kappa shape index (κ2) is 7.66. The molecule has 0 fully saturated rings. The Morgan fingerprint density at radius 1 is 1.09 bits per heavy atom. The van der Waals surface area contributed by atoms with E-state index in [1.54, 1.807) is 18.2 Å². The van der Waals surface area contributed by atoms with Gasteiger partial charge in [-0.05, 0) is 30.2 Å². The van der Waals surface area contributed by atoms with Crippen molar-refractivity contribution >= 4 is 22.1 Å². The molecule has 1 amide bonds. The molecule has 23 heavy (non-hydrogen) atoms. The lowest BCUT2D eigenvalue weighted by molar-refractivity contribution is -0.119. The fourth-order valence-electron chi connectivity index (χ4n) is 1.79. The molecule has 0 aliphatic carbocycles. The number of nitrogens with one attached hydrogen (secondary N) is 2. The third-order valence-electron chi connectivity index (χ3n) is 3.06. The minimum Gasteiger partial charge on any atom is -0.272 e. The predicted octanol–water partition coefficient (Wildman–Crippen LogP) is 1.42. The summed E-state index contributed by atoms with van der Waals surface area (Å²) >= 11 is 0. The molecule has 0 aliphatic heterocycles. The van der Waals surface area contributed by atoms with Gasteiger partial charge in [-0.2, -0.15) is 5.10 Å². The van der Waals surface area contributed by atoms with E-state index >= 15 is 0 Å². The fraction of sp³-hybridized carbons (Fsp3) is 0.125. The fourth-order valence-corrected chi connectivity index (χ4v) is 2.79. The Balaban J connectivity index is 1.87. The normalized spacial score (nSPS) is 11.5. The molecular formula is C16H17N3O3S. The number of carbonyl (C=O) groups is 1. The van der Waals surface area contributed by atoms with Gasteiger partial charge in [0.15, 0.2) is 0 Å². The van der Waals surface area contributed by atoms with Crippen molar-refractivity contribution in [3.05, 3.63) is 65.7 Å². The summed E-state index contributed by atoms with van der Waals surface area (Å²) in [7, 11) is -3.70. The second-order valence-electron chi connectivity index (χ2n) is 4.79. The van der Waals surface area contributed by atoms with Gasteiger partial charge in [0.25, 0.3) is 5.91 Å².